The number of alkyl halides is 3. The maximum atomic E-state index is 12.3. The van der Waals surface area contributed by atoms with Crippen molar-refractivity contribution < 1.29 is 13.2 Å². The number of nitrogens with zero attached hydrogens (tertiary/aromatic N) is 1. The Kier molecular flexibility index (Phi) is 3.04. The van der Waals surface area contributed by atoms with Gasteiger partial charge in [0.2, 0.25) is 0 Å². The summed E-state index contributed by atoms with van der Waals surface area (Å²) >= 11 is 0. The van der Waals surface area contributed by atoms with E-state index in [1.54, 1.807) is 6.92 Å². The van der Waals surface area contributed by atoms with Crippen LogP contribution in [0.1, 0.15) is 6.92 Å². The third-order valence-corrected chi connectivity index (χ3v) is 2.24. The SMILES string of the molecule is CC1=CC(C(F)(F)F)=CC1CN(C)C. The highest BCUT2D eigenvalue weighted by atomic mass is 19.4. The zero-order valence-electron chi connectivity index (χ0n) is 8.52. The van der Waals surface area contributed by atoms with Gasteiger partial charge in [-0.15, -0.1) is 0 Å². The minimum atomic E-state index is -4.21. The highest BCUT2D eigenvalue weighted by Gasteiger charge is 2.35. The molecule has 1 nitrogen and oxygen atoms in total. The number of halogens is 3. The summed E-state index contributed by atoms with van der Waals surface area (Å²) in [6, 6.07) is 0. The van der Waals surface area contributed by atoms with Gasteiger partial charge in [0, 0.05) is 12.5 Å². The van der Waals surface area contributed by atoms with Crippen LogP contribution in [0.2, 0.25) is 0 Å². The Morgan fingerprint density at radius 2 is 1.93 bits per heavy atom. The van der Waals surface area contributed by atoms with E-state index >= 15 is 0 Å². The smallest absolute Gasteiger partial charge is 0.308 e. The normalized spacial score (nSPS) is 22.6. The number of rotatable bonds is 2. The van der Waals surface area contributed by atoms with Crippen LogP contribution in [0.15, 0.2) is 23.3 Å². The van der Waals surface area contributed by atoms with E-state index in [1.807, 2.05) is 19.0 Å². The molecule has 0 saturated heterocycles. The molecule has 0 amide bonds. The van der Waals surface area contributed by atoms with Crippen molar-refractivity contribution in [3.63, 3.8) is 0 Å². The van der Waals surface area contributed by atoms with Gasteiger partial charge < -0.3 is 4.90 Å². The van der Waals surface area contributed by atoms with Gasteiger partial charge >= 0.3 is 6.18 Å². The summed E-state index contributed by atoms with van der Waals surface area (Å²) in [5.41, 5.74) is 0.271. The van der Waals surface area contributed by atoms with E-state index < -0.39 is 11.7 Å². The van der Waals surface area contributed by atoms with Crippen LogP contribution in [0.5, 0.6) is 0 Å². The highest BCUT2D eigenvalue weighted by molar-refractivity contribution is 5.37. The van der Waals surface area contributed by atoms with Crippen LogP contribution in [-0.4, -0.2) is 31.7 Å². The minimum Gasteiger partial charge on any atom is -0.308 e. The average molecular weight is 205 g/mol. The molecule has 4 heteroatoms. The molecule has 0 aliphatic heterocycles. The molecule has 0 bridgehead atoms. The van der Waals surface area contributed by atoms with Gasteiger partial charge in [-0.05, 0) is 21.0 Å². The van der Waals surface area contributed by atoms with Gasteiger partial charge in [0.05, 0.1) is 5.57 Å². The lowest BCUT2D eigenvalue weighted by Crippen LogP contribution is -2.20. The first kappa shape index (κ1) is 11.3. The third kappa shape index (κ3) is 2.61. The van der Waals surface area contributed by atoms with Crippen molar-refractivity contribution >= 4 is 0 Å². The summed E-state index contributed by atoms with van der Waals surface area (Å²) in [6.07, 6.45) is -1.67. The maximum Gasteiger partial charge on any atom is 0.416 e. The Morgan fingerprint density at radius 3 is 2.29 bits per heavy atom. The average Bonchev–Trinajstić information content (AvgIpc) is 2.30. The van der Waals surface area contributed by atoms with Gasteiger partial charge in [-0.3, -0.25) is 0 Å². The number of allylic oxidation sites excluding steroid dienone is 2. The van der Waals surface area contributed by atoms with E-state index in [0.717, 1.165) is 5.57 Å². The van der Waals surface area contributed by atoms with Gasteiger partial charge in [-0.25, -0.2) is 0 Å². The van der Waals surface area contributed by atoms with E-state index in [-0.39, 0.29) is 5.92 Å². The maximum absolute atomic E-state index is 12.3. The van der Waals surface area contributed by atoms with Gasteiger partial charge in [-0.2, -0.15) is 13.2 Å². The lowest BCUT2D eigenvalue weighted by Gasteiger charge is -2.15. The van der Waals surface area contributed by atoms with Gasteiger partial charge in [0.1, 0.15) is 0 Å². The monoisotopic (exact) mass is 205 g/mol. The Morgan fingerprint density at radius 1 is 1.36 bits per heavy atom. The molecule has 0 fully saturated rings. The van der Waals surface area contributed by atoms with E-state index in [9.17, 15) is 13.2 Å². The molecule has 1 unspecified atom stereocenters. The van der Waals surface area contributed by atoms with Crippen LogP contribution in [0.4, 0.5) is 13.2 Å². The summed E-state index contributed by atoms with van der Waals surface area (Å²) in [4.78, 5) is 1.89. The number of hydrogen-bond acceptors (Lipinski definition) is 1. The summed E-state index contributed by atoms with van der Waals surface area (Å²) in [7, 11) is 3.71. The van der Waals surface area contributed by atoms with Crippen molar-refractivity contribution in [3.8, 4) is 0 Å². The van der Waals surface area contributed by atoms with Crippen molar-refractivity contribution in [1.29, 1.82) is 0 Å². The van der Waals surface area contributed by atoms with Gasteiger partial charge in [-0.1, -0.05) is 17.7 Å². The molecule has 0 N–H and O–H groups in total. The topological polar surface area (TPSA) is 3.24 Å². The molecule has 14 heavy (non-hydrogen) atoms. The molecule has 0 spiro atoms. The van der Waals surface area contributed by atoms with Crippen LogP contribution in [0, 0.1) is 5.92 Å². The molecule has 0 aromatic carbocycles. The van der Waals surface area contributed by atoms with E-state index in [0.29, 0.717) is 6.54 Å². The fraction of sp³-hybridized carbons (Fsp3) is 0.600. The largest absolute Gasteiger partial charge is 0.416 e. The third-order valence-electron chi connectivity index (χ3n) is 2.24. The Labute approximate surface area is 81.9 Å². The summed E-state index contributed by atoms with van der Waals surface area (Å²) in [6.45, 7) is 2.37. The van der Waals surface area contributed by atoms with E-state index in [4.69, 9.17) is 0 Å². The number of hydrogen-bond donors (Lipinski definition) is 0. The van der Waals surface area contributed by atoms with Crippen molar-refractivity contribution in [2.75, 3.05) is 20.6 Å². The van der Waals surface area contributed by atoms with Crippen molar-refractivity contribution in [2.45, 2.75) is 13.1 Å². The van der Waals surface area contributed by atoms with Crippen LogP contribution >= 0.6 is 0 Å². The molecule has 0 radical (unpaired) electrons. The van der Waals surface area contributed by atoms with Crippen LogP contribution < -0.4 is 0 Å². The first-order valence-corrected chi connectivity index (χ1v) is 4.42. The molecular formula is C10H14F3N. The van der Waals surface area contributed by atoms with Crippen LogP contribution in [0.3, 0.4) is 0 Å². The highest BCUT2D eigenvalue weighted by Crippen LogP contribution is 2.35. The zero-order chi connectivity index (χ0) is 10.9. The first-order valence-electron chi connectivity index (χ1n) is 4.42. The molecule has 0 saturated carbocycles. The standard InChI is InChI=1S/C10H14F3N/c1-7-4-9(10(11,12)13)5-8(7)6-14(2)3/h4-5,8H,6H2,1-3H3. The molecule has 80 valence electrons. The molecular weight excluding hydrogens is 191 g/mol. The summed E-state index contributed by atoms with van der Waals surface area (Å²) < 4.78 is 37.0. The van der Waals surface area contributed by atoms with Crippen molar-refractivity contribution in [3.05, 3.63) is 23.3 Å². The lowest BCUT2D eigenvalue weighted by atomic mass is 10.0. The van der Waals surface area contributed by atoms with Gasteiger partial charge in [0.15, 0.2) is 0 Å². The minimum absolute atomic E-state index is 0.0957. The quantitative estimate of drug-likeness (QED) is 0.669. The van der Waals surface area contributed by atoms with E-state index in [1.165, 1.54) is 12.2 Å². The Bertz CT molecular complexity index is 274. The molecule has 1 aliphatic carbocycles. The summed E-state index contributed by atoms with van der Waals surface area (Å²) in [5.74, 6) is -0.0957. The predicted molar refractivity (Wildman–Crippen MR) is 49.9 cm³/mol. The fourth-order valence-electron chi connectivity index (χ4n) is 1.52. The second-order valence-corrected chi connectivity index (χ2v) is 3.88. The van der Waals surface area contributed by atoms with Crippen molar-refractivity contribution in [1.82, 2.24) is 4.90 Å². The van der Waals surface area contributed by atoms with Crippen molar-refractivity contribution in [2.24, 2.45) is 5.92 Å². The van der Waals surface area contributed by atoms with Crippen LogP contribution in [-0.2, 0) is 0 Å². The van der Waals surface area contributed by atoms with Crippen LogP contribution in [0.25, 0.3) is 0 Å². The fourth-order valence-corrected chi connectivity index (χ4v) is 1.52. The van der Waals surface area contributed by atoms with Gasteiger partial charge in [0.25, 0.3) is 0 Å². The lowest BCUT2D eigenvalue weighted by molar-refractivity contribution is -0.0881. The molecule has 0 aromatic heterocycles. The second kappa shape index (κ2) is 3.77. The molecule has 1 rings (SSSR count). The first-order chi connectivity index (χ1) is 6.30. The Balaban J connectivity index is 2.77. The molecule has 1 aliphatic rings. The second-order valence-electron chi connectivity index (χ2n) is 3.88. The predicted octanol–water partition coefficient (Wildman–Crippen LogP) is 2.61. The molecule has 0 heterocycles. The zero-order valence-corrected chi connectivity index (χ0v) is 8.52. The molecule has 0 aromatic rings. The van der Waals surface area contributed by atoms with E-state index in [2.05, 4.69) is 0 Å². The summed E-state index contributed by atoms with van der Waals surface area (Å²) in [5, 5.41) is 0. The molecule has 1 atom stereocenters. The Hall–Kier alpha value is -0.770.